The summed E-state index contributed by atoms with van der Waals surface area (Å²) in [4.78, 5) is 1.01. The van der Waals surface area contributed by atoms with E-state index in [0.29, 0.717) is 6.10 Å². The maximum atomic E-state index is 6.55. The van der Waals surface area contributed by atoms with Crippen LogP contribution in [-0.4, -0.2) is 6.10 Å². The summed E-state index contributed by atoms with van der Waals surface area (Å²) in [6, 6.07) is 8.38. The van der Waals surface area contributed by atoms with Crippen LogP contribution in [0.4, 0.5) is 0 Å². The molecule has 2 aliphatic carbocycles. The minimum absolute atomic E-state index is 0.209. The molecule has 0 aliphatic heterocycles. The van der Waals surface area contributed by atoms with Gasteiger partial charge < -0.3 is 4.74 Å². The molecule has 2 heteroatoms. The van der Waals surface area contributed by atoms with E-state index in [0.717, 1.165) is 28.6 Å². The van der Waals surface area contributed by atoms with Gasteiger partial charge >= 0.3 is 0 Å². The summed E-state index contributed by atoms with van der Waals surface area (Å²) >= 11 is 4.36. The third-order valence-corrected chi connectivity index (χ3v) is 6.14. The van der Waals surface area contributed by atoms with Crippen molar-refractivity contribution in [3.8, 4) is 0 Å². The smallest absolute Gasteiger partial charge is 0.0879 e. The van der Waals surface area contributed by atoms with Gasteiger partial charge in [-0.1, -0.05) is 26.0 Å². The molecular weight excluding hydrogens is 264 g/mol. The molecule has 0 saturated heterocycles. The highest BCUT2D eigenvalue weighted by atomic mass is 32.1. The van der Waals surface area contributed by atoms with Gasteiger partial charge in [-0.05, 0) is 68.1 Å². The van der Waals surface area contributed by atoms with E-state index in [9.17, 15) is 0 Å². The van der Waals surface area contributed by atoms with E-state index < -0.39 is 0 Å². The van der Waals surface area contributed by atoms with E-state index in [1.54, 1.807) is 0 Å². The quantitative estimate of drug-likeness (QED) is 0.778. The zero-order valence-corrected chi connectivity index (χ0v) is 13.9. The molecule has 0 spiro atoms. The van der Waals surface area contributed by atoms with Crippen LogP contribution in [0.5, 0.6) is 0 Å². The number of benzene rings is 1. The standard InChI is InChI=1S/C18H26OS/c1-11-12(2)16-9-13(11)10-17(16)19-18(3,4)14-5-7-15(20)8-6-14/h5-8,11-13,16-17,20H,9-10H2,1-4H3. The van der Waals surface area contributed by atoms with Crippen LogP contribution < -0.4 is 0 Å². The Balaban J connectivity index is 1.73. The van der Waals surface area contributed by atoms with Crippen LogP contribution in [0.15, 0.2) is 29.2 Å². The van der Waals surface area contributed by atoms with Crippen LogP contribution in [0.25, 0.3) is 0 Å². The minimum atomic E-state index is -0.209. The molecule has 0 heterocycles. The number of hydrogen-bond acceptors (Lipinski definition) is 2. The Kier molecular flexibility index (Phi) is 3.66. The molecule has 20 heavy (non-hydrogen) atoms. The van der Waals surface area contributed by atoms with Crippen molar-refractivity contribution in [3.63, 3.8) is 0 Å². The average molecular weight is 290 g/mol. The predicted octanol–water partition coefficient (Wildman–Crippen LogP) is 4.91. The number of fused-ring (bicyclic) bond motifs is 2. The summed E-state index contributed by atoms with van der Waals surface area (Å²) in [5, 5.41) is 0. The lowest BCUT2D eigenvalue weighted by Gasteiger charge is -2.37. The number of thiol groups is 1. The summed E-state index contributed by atoms with van der Waals surface area (Å²) in [7, 11) is 0. The molecule has 5 atom stereocenters. The van der Waals surface area contributed by atoms with Crippen LogP contribution >= 0.6 is 12.6 Å². The molecule has 110 valence electrons. The van der Waals surface area contributed by atoms with E-state index in [-0.39, 0.29) is 5.60 Å². The summed E-state index contributed by atoms with van der Waals surface area (Å²) in [5.41, 5.74) is 1.04. The summed E-state index contributed by atoms with van der Waals surface area (Å²) in [6.07, 6.45) is 3.07. The molecule has 0 aromatic heterocycles. The van der Waals surface area contributed by atoms with Crippen molar-refractivity contribution in [2.24, 2.45) is 23.7 Å². The number of rotatable bonds is 3. The third-order valence-electron chi connectivity index (χ3n) is 5.84. The average Bonchev–Trinajstić information content (AvgIpc) is 2.90. The number of ether oxygens (including phenoxy) is 1. The highest BCUT2D eigenvalue weighted by molar-refractivity contribution is 7.80. The van der Waals surface area contributed by atoms with Crippen molar-refractivity contribution in [1.82, 2.24) is 0 Å². The van der Waals surface area contributed by atoms with Gasteiger partial charge in [-0.25, -0.2) is 0 Å². The van der Waals surface area contributed by atoms with Gasteiger partial charge in [-0.15, -0.1) is 12.6 Å². The molecule has 0 amide bonds. The first-order valence-corrected chi connectivity index (χ1v) is 8.30. The fourth-order valence-corrected chi connectivity index (χ4v) is 4.47. The second-order valence-electron chi connectivity index (χ2n) is 7.33. The van der Waals surface area contributed by atoms with Gasteiger partial charge in [0, 0.05) is 4.90 Å². The highest BCUT2D eigenvalue weighted by Crippen LogP contribution is 2.54. The molecule has 0 radical (unpaired) electrons. The van der Waals surface area contributed by atoms with Gasteiger partial charge in [0.1, 0.15) is 0 Å². The van der Waals surface area contributed by atoms with E-state index in [4.69, 9.17) is 4.74 Å². The van der Waals surface area contributed by atoms with E-state index in [1.165, 1.54) is 18.4 Å². The van der Waals surface area contributed by atoms with Crippen molar-refractivity contribution in [3.05, 3.63) is 29.8 Å². The van der Waals surface area contributed by atoms with Crippen molar-refractivity contribution >= 4 is 12.6 Å². The van der Waals surface area contributed by atoms with Crippen LogP contribution in [0.1, 0.15) is 46.1 Å². The van der Waals surface area contributed by atoms with Gasteiger partial charge in [0.15, 0.2) is 0 Å². The Morgan fingerprint density at radius 3 is 2.25 bits per heavy atom. The summed E-state index contributed by atoms with van der Waals surface area (Å²) in [5.74, 6) is 3.34. The highest BCUT2D eigenvalue weighted by Gasteiger charge is 2.50. The van der Waals surface area contributed by atoms with Crippen molar-refractivity contribution in [2.45, 2.75) is 57.1 Å². The largest absolute Gasteiger partial charge is 0.367 e. The molecule has 2 saturated carbocycles. The van der Waals surface area contributed by atoms with E-state index in [2.05, 4.69) is 64.6 Å². The summed E-state index contributed by atoms with van der Waals surface area (Å²) < 4.78 is 6.55. The molecule has 2 bridgehead atoms. The monoisotopic (exact) mass is 290 g/mol. The Morgan fingerprint density at radius 1 is 1.05 bits per heavy atom. The Labute approximate surface area is 128 Å². The lowest BCUT2D eigenvalue weighted by atomic mass is 9.80. The Hall–Kier alpha value is -0.470. The molecule has 2 aliphatic rings. The third kappa shape index (κ3) is 2.42. The molecule has 1 nitrogen and oxygen atoms in total. The lowest BCUT2D eigenvalue weighted by molar-refractivity contribution is -0.109. The fourth-order valence-electron chi connectivity index (χ4n) is 4.32. The minimum Gasteiger partial charge on any atom is -0.367 e. The first-order valence-electron chi connectivity index (χ1n) is 7.86. The molecular formula is C18H26OS. The fraction of sp³-hybridized carbons (Fsp3) is 0.667. The Morgan fingerprint density at radius 2 is 1.70 bits per heavy atom. The normalized spacial score (nSPS) is 36.5. The van der Waals surface area contributed by atoms with E-state index in [1.807, 2.05) is 0 Å². The first kappa shape index (κ1) is 14.5. The van der Waals surface area contributed by atoms with Crippen LogP contribution in [0.3, 0.4) is 0 Å². The van der Waals surface area contributed by atoms with Gasteiger partial charge in [0.2, 0.25) is 0 Å². The van der Waals surface area contributed by atoms with Gasteiger partial charge in [0.05, 0.1) is 11.7 Å². The van der Waals surface area contributed by atoms with Crippen molar-refractivity contribution < 1.29 is 4.74 Å². The zero-order chi connectivity index (χ0) is 14.5. The molecule has 2 fully saturated rings. The Bertz CT molecular complexity index is 477. The summed E-state index contributed by atoms with van der Waals surface area (Å²) in [6.45, 7) is 9.22. The van der Waals surface area contributed by atoms with Crippen molar-refractivity contribution in [2.75, 3.05) is 0 Å². The van der Waals surface area contributed by atoms with Gasteiger partial charge in [-0.3, -0.25) is 0 Å². The van der Waals surface area contributed by atoms with Crippen molar-refractivity contribution in [1.29, 1.82) is 0 Å². The SMILES string of the molecule is CC1C2CC(OC(C)(C)c3ccc(S)cc3)C(C2)C1C. The van der Waals surface area contributed by atoms with Crippen LogP contribution in [0, 0.1) is 23.7 Å². The molecule has 1 aromatic rings. The topological polar surface area (TPSA) is 9.23 Å². The number of hydrogen-bond donors (Lipinski definition) is 1. The lowest BCUT2D eigenvalue weighted by Crippen LogP contribution is -2.36. The second kappa shape index (κ2) is 5.06. The predicted molar refractivity (Wildman–Crippen MR) is 86.1 cm³/mol. The molecule has 5 unspecified atom stereocenters. The van der Waals surface area contributed by atoms with Crippen LogP contribution in [0.2, 0.25) is 0 Å². The first-order chi connectivity index (χ1) is 9.38. The molecule has 0 N–H and O–H groups in total. The van der Waals surface area contributed by atoms with Gasteiger partial charge in [0.25, 0.3) is 0 Å². The maximum Gasteiger partial charge on any atom is 0.0879 e. The zero-order valence-electron chi connectivity index (χ0n) is 13.0. The molecule has 1 aromatic carbocycles. The second-order valence-corrected chi connectivity index (χ2v) is 7.84. The van der Waals surface area contributed by atoms with E-state index >= 15 is 0 Å². The van der Waals surface area contributed by atoms with Gasteiger partial charge in [-0.2, -0.15) is 0 Å². The molecule has 3 rings (SSSR count). The van der Waals surface area contributed by atoms with Crippen LogP contribution in [-0.2, 0) is 10.3 Å². The maximum absolute atomic E-state index is 6.55.